The lowest BCUT2D eigenvalue weighted by atomic mass is 10.1. The van der Waals surface area contributed by atoms with Crippen LogP contribution in [0.3, 0.4) is 0 Å². The summed E-state index contributed by atoms with van der Waals surface area (Å²) in [6, 6.07) is 15.1. The monoisotopic (exact) mass is 392 g/mol. The maximum atomic E-state index is 6.20. The van der Waals surface area contributed by atoms with Gasteiger partial charge in [-0.2, -0.15) is 0 Å². The molecule has 140 valence electrons. The molecule has 3 heterocycles. The normalized spacial score (nSPS) is 15.7. The summed E-state index contributed by atoms with van der Waals surface area (Å²) in [5, 5.41) is 0.567. The lowest BCUT2D eigenvalue weighted by molar-refractivity contribution is 0.0783. The zero-order valence-electron chi connectivity index (χ0n) is 15.1. The highest BCUT2D eigenvalue weighted by Gasteiger charge is 2.30. The van der Waals surface area contributed by atoms with E-state index in [-0.39, 0.29) is 6.10 Å². The molecule has 2 N–H and O–H groups in total. The number of halogens is 1. The third-order valence-corrected chi connectivity index (χ3v) is 5.26. The van der Waals surface area contributed by atoms with Crippen LogP contribution in [0.4, 0.5) is 5.82 Å². The lowest BCUT2D eigenvalue weighted by Gasteiger charge is -2.12. The topological polar surface area (TPSA) is 75.2 Å². The molecule has 0 bridgehead atoms. The predicted molar refractivity (Wildman–Crippen MR) is 108 cm³/mol. The van der Waals surface area contributed by atoms with Crippen LogP contribution < -0.4 is 10.5 Å². The Morgan fingerprint density at radius 3 is 2.71 bits per heavy atom. The first kappa shape index (κ1) is 17.0. The molecular weight excluding hydrogens is 376 g/mol. The van der Waals surface area contributed by atoms with Crippen LogP contribution in [-0.2, 0) is 11.3 Å². The van der Waals surface area contributed by atoms with Gasteiger partial charge < -0.3 is 19.8 Å². The molecule has 0 saturated carbocycles. The number of anilines is 1. The van der Waals surface area contributed by atoms with Gasteiger partial charge in [0.05, 0.1) is 23.4 Å². The number of benzene rings is 2. The number of aromatic nitrogens is 3. The van der Waals surface area contributed by atoms with Gasteiger partial charge in [-0.15, -0.1) is 0 Å². The highest BCUT2D eigenvalue weighted by molar-refractivity contribution is 6.32. The summed E-state index contributed by atoms with van der Waals surface area (Å²) in [4.78, 5) is 8.64. The zero-order chi connectivity index (χ0) is 19.3. The van der Waals surface area contributed by atoms with Gasteiger partial charge in [-0.05, 0) is 43.3 Å². The Morgan fingerprint density at radius 1 is 1.14 bits per heavy atom. The number of ether oxygens (including phenoxy) is 2. The van der Waals surface area contributed by atoms with Crippen molar-refractivity contribution in [3.8, 4) is 17.2 Å². The van der Waals surface area contributed by atoms with E-state index in [1.165, 1.54) is 6.33 Å². The van der Waals surface area contributed by atoms with Crippen molar-refractivity contribution >= 4 is 28.5 Å². The Labute approximate surface area is 166 Å². The number of fused-ring (bicyclic) bond motifs is 3. The quantitative estimate of drug-likeness (QED) is 0.528. The van der Waals surface area contributed by atoms with Crippen LogP contribution in [0.25, 0.3) is 16.7 Å². The van der Waals surface area contributed by atoms with Gasteiger partial charge in [0, 0.05) is 11.3 Å². The summed E-state index contributed by atoms with van der Waals surface area (Å²) in [5.41, 5.74) is 10.9. The highest BCUT2D eigenvalue weighted by atomic mass is 35.5. The van der Waals surface area contributed by atoms with Crippen molar-refractivity contribution < 1.29 is 9.47 Å². The van der Waals surface area contributed by atoms with E-state index >= 15 is 0 Å². The van der Waals surface area contributed by atoms with E-state index in [0.717, 1.165) is 28.0 Å². The van der Waals surface area contributed by atoms with Crippen LogP contribution in [0.15, 0.2) is 54.9 Å². The van der Waals surface area contributed by atoms with Crippen molar-refractivity contribution in [1.29, 1.82) is 0 Å². The molecule has 0 saturated heterocycles. The first-order valence-corrected chi connectivity index (χ1v) is 9.29. The molecule has 0 spiro atoms. The number of rotatable bonds is 3. The summed E-state index contributed by atoms with van der Waals surface area (Å²) in [6.45, 7) is 2.53. The van der Waals surface area contributed by atoms with E-state index in [9.17, 15) is 0 Å². The Kier molecular flexibility index (Phi) is 3.96. The number of hydrogen-bond acceptors (Lipinski definition) is 5. The van der Waals surface area contributed by atoms with Crippen molar-refractivity contribution in [2.24, 2.45) is 0 Å². The molecule has 4 aromatic rings. The minimum absolute atomic E-state index is 0.0316. The lowest BCUT2D eigenvalue weighted by Crippen LogP contribution is -2.03. The summed E-state index contributed by atoms with van der Waals surface area (Å²) in [7, 11) is 0. The maximum Gasteiger partial charge on any atom is 0.151 e. The number of nitrogen functional groups attached to an aromatic ring is 1. The minimum Gasteiger partial charge on any atom is -0.456 e. The number of nitrogens with two attached hydrogens (primary N) is 1. The molecule has 0 radical (unpaired) electrons. The van der Waals surface area contributed by atoms with E-state index in [0.29, 0.717) is 28.9 Å². The van der Waals surface area contributed by atoms with E-state index in [4.69, 9.17) is 26.8 Å². The number of hydrogen-bond donors (Lipinski definition) is 1. The van der Waals surface area contributed by atoms with E-state index in [1.54, 1.807) is 6.07 Å². The smallest absolute Gasteiger partial charge is 0.151 e. The van der Waals surface area contributed by atoms with Gasteiger partial charge in [-0.25, -0.2) is 9.97 Å². The molecule has 2 aromatic heterocycles. The molecule has 28 heavy (non-hydrogen) atoms. The molecule has 1 unspecified atom stereocenters. The molecule has 0 amide bonds. The third-order valence-electron chi connectivity index (χ3n) is 4.95. The largest absolute Gasteiger partial charge is 0.456 e. The van der Waals surface area contributed by atoms with Gasteiger partial charge in [0.15, 0.2) is 5.82 Å². The first-order valence-electron chi connectivity index (χ1n) is 8.91. The summed E-state index contributed by atoms with van der Waals surface area (Å²) < 4.78 is 13.8. The summed E-state index contributed by atoms with van der Waals surface area (Å²) in [5.74, 6) is 1.76. The molecule has 0 fully saturated rings. The molecule has 7 heteroatoms. The fourth-order valence-corrected chi connectivity index (χ4v) is 3.84. The number of para-hydroxylation sites is 1. The van der Waals surface area contributed by atoms with Gasteiger partial charge in [0.1, 0.15) is 28.9 Å². The molecule has 1 aliphatic heterocycles. The van der Waals surface area contributed by atoms with Crippen LogP contribution in [0.2, 0.25) is 5.02 Å². The highest BCUT2D eigenvalue weighted by Crippen LogP contribution is 2.41. The van der Waals surface area contributed by atoms with E-state index < -0.39 is 0 Å². The Hall–Kier alpha value is -3.09. The molecule has 1 aliphatic rings. The van der Waals surface area contributed by atoms with Crippen molar-refractivity contribution in [3.63, 3.8) is 0 Å². The van der Waals surface area contributed by atoms with Crippen molar-refractivity contribution in [2.75, 3.05) is 5.73 Å². The van der Waals surface area contributed by atoms with Gasteiger partial charge in [-0.1, -0.05) is 23.7 Å². The Morgan fingerprint density at radius 2 is 1.93 bits per heavy atom. The third kappa shape index (κ3) is 2.61. The Bertz CT molecular complexity index is 1190. The SMILES string of the molecule is CC1OCc2c1c1ncnc(N)c1n2-c1ccc(Oc2ccccc2Cl)cc1. The van der Waals surface area contributed by atoms with E-state index in [1.807, 2.05) is 49.4 Å². The first-order chi connectivity index (χ1) is 13.6. The second-order valence-electron chi connectivity index (χ2n) is 6.63. The molecule has 0 aliphatic carbocycles. The zero-order valence-corrected chi connectivity index (χ0v) is 15.8. The molecule has 6 nitrogen and oxygen atoms in total. The van der Waals surface area contributed by atoms with Crippen LogP contribution in [0.1, 0.15) is 24.3 Å². The summed E-state index contributed by atoms with van der Waals surface area (Å²) in [6.07, 6.45) is 1.46. The second kappa shape index (κ2) is 6.51. The van der Waals surface area contributed by atoms with Crippen LogP contribution in [0, 0.1) is 0 Å². The minimum atomic E-state index is -0.0316. The van der Waals surface area contributed by atoms with Crippen molar-refractivity contribution in [1.82, 2.24) is 14.5 Å². The number of nitrogens with zero attached hydrogens (tertiary/aromatic N) is 3. The molecule has 1 atom stereocenters. The predicted octanol–water partition coefficient (Wildman–Crippen LogP) is 5.04. The standard InChI is InChI=1S/C21H17ClN4O2/c1-12-18-16(10-27-12)26(20-19(18)24-11-25-21(20)23)13-6-8-14(9-7-13)28-17-5-3-2-4-15(17)22/h2-9,11-12H,10H2,1H3,(H2,23,24,25). The van der Waals surface area contributed by atoms with Crippen molar-refractivity contribution in [2.45, 2.75) is 19.6 Å². The van der Waals surface area contributed by atoms with Crippen LogP contribution >= 0.6 is 11.6 Å². The summed E-state index contributed by atoms with van der Waals surface area (Å²) >= 11 is 6.18. The van der Waals surface area contributed by atoms with Crippen LogP contribution in [-0.4, -0.2) is 14.5 Å². The van der Waals surface area contributed by atoms with Gasteiger partial charge in [-0.3, -0.25) is 0 Å². The molecule has 2 aromatic carbocycles. The maximum absolute atomic E-state index is 6.20. The molecule has 5 rings (SSSR count). The Balaban J connectivity index is 1.59. The molecular formula is C21H17ClN4O2. The van der Waals surface area contributed by atoms with Gasteiger partial charge in [0.25, 0.3) is 0 Å². The average molecular weight is 393 g/mol. The fourth-order valence-electron chi connectivity index (χ4n) is 3.66. The van der Waals surface area contributed by atoms with Crippen molar-refractivity contribution in [3.05, 3.63) is 71.1 Å². The average Bonchev–Trinajstić information content (AvgIpc) is 3.23. The van der Waals surface area contributed by atoms with Gasteiger partial charge >= 0.3 is 0 Å². The van der Waals surface area contributed by atoms with Gasteiger partial charge in [0.2, 0.25) is 0 Å². The second-order valence-corrected chi connectivity index (χ2v) is 7.04. The fraction of sp³-hybridized carbons (Fsp3) is 0.143. The van der Waals surface area contributed by atoms with Crippen LogP contribution in [0.5, 0.6) is 11.5 Å². The van der Waals surface area contributed by atoms with E-state index in [2.05, 4.69) is 14.5 Å².